The Morgan fingerprint density at radius 3 is 2.80 bits per heavy atom. The van der Waals surface area contributed by atoms with Gasteiger partial charge in [-0.25, -0.2) is 17.7 Å². The van der Waals surface area contributed by atoms with Crippen molar-refractivity contribution in [2.24, 2.45) is 5.92 Å². The summed E-state index contributed by atoms with van der Waals surface area (Å²) >= 11 is 0. The first kappa shape index (κ1) is 14.9. The number of aromatic nitrogens is 1. The lowest BCUT2D eigenvalue weighted by Gasteiger charge is -2.20. The third kappa shape index (κ3) is 3.15. The van der Waals surface area contributed by atoms with Gasteiger partial charge >= 0.3 is 0 Å². The summed E-state index contributed by atoms with van der Waals surface area (Å²) in [5.41, 5.74) is 0.212. The molecule has 1 aromatic rings. The van der Waals surface area contributed by atoms with E-state index in [9.17, 15) is 8.42 Å². The van der Waals surface area contributed by atoms with Gasteiger partial charge in [0.15, 0.2) is 0 Å². The molecule has 1 aliphatic rings. The first-order valence-corrected chi connectivity index (χ1v) is 7.88. The molecule has 0 N–H and O–H groups in total. The van der Waals surface area contributed by atoms with Gasteiger partial charge in [-0.15, -0.1) is 0 Å². The van der Waals surface area contributed by atoms with Crippen LogP contribution in [0.5, 0.6) is 0 Å². The molecule has 0 amide bonds. The van der Waals surface area contributed by atoms with E-state index in [1.54, 1.807) is 7.05 Å². The Bertz CT molecular complexity index is 606. The van der Waals surface area contributed by atoms with Gasteiger partial charge in [0, 0.05) is 26.3 Å². The standard InChI is InChI=1S/C13H18N4O2S/c1-16-6-5-11(9-16)10-17(2)20(18,19)13-4-3-12(7-14)15-8-13/h3-4,8,11H,5-6,9-10H2,1-2H3. The first-order valence-electron chi connectivity index (χ1n) is 6.44. The zero-order valence-electron chi connectivity index (χ0n) is 11.7. The molecule has 0 aromatic carbocycles. The molecule has 7 heteroatoms. The maximum Gasteiger partial charge on any atom is 0.244 e. The van der Waals surface area contributed by atoms with E-state index in [1.807, 2.05) is 13.1 Å². The summed E-state index contributed by atoms with van der Waals surface area (Å²) in [7, 11) is 0.104. The van der Waals surface area contributed by atoms with E-state index >= 15 is 0 Å². The fourth-order valence-corrected chi connectivity index (χ4v) is 3.61. The van der Waals surface area contributed by atoms with Gasteiger partial charge in [-0.1, -0.05) is 0 Å². The lowest BCUT2D eigenvalue weighted by Crippen LogP contribution is -2.33. The zero-order valence-corrected chi connectivity index (χ0v) is 12.5. The summed E-state index contributed by atoms with van der Waals surface area (Å²) in [6.45, 7) is 2.44. The third-order valence-corrected chi connectivity index (χ3v) is 5.37. The molecule has 1 fully saturated rings. The number of sulfonamides is 1. The van der Waals surface area contributed by atoms with Gasteiger partial charge in [0.2, 0.25) is 10.0 Å². The Kier molecular flexibility index (Phi) is 4.38. The van der Waals surface area contributed by atoms with Crippen LogP contribution in [0.3, 0.4) is 0 Å². The molecule has 2 rings (SSSR count). The molecule has 2 heterocycles. The Morgan fingerprint density at radius 2 is 2.30 bits per heavy atom. The van der Waals surface area contributed by atoms with E-state index in [-0.39, 0.29) is 10.6 Å². The van der Waals surface area contributed by atoms with E-state index in [0.29, 0.717) is 12.5 Å². The van der Waals surface area contributed by atoms with Gasteiger partial charge in [-0.3, -0.25) is 0 Å². The molecule has 0 aliphatic carbocycles. The van der Waals surface area contributed by atoms with Gasteiger partial charge in [0.05, 0.1) is 0 Å². The molecule has 0 radical (unpaired) electrons. The summed E-state index contributed by atoms with van der Waals surface area (Å²) in [5, 5.41) is 8.68. The minimum absolute atomic E-state index is 0.130. The van der Waals surface area contributed by atoms with Crippen molar-refractivity contribution in [2.75, 3.05) is 33.7 Å². The number of hydrogen-bond donors (Lipinski definition) is 0. The summed E-state index contributed by atoms with van der Waals surface area (Å²) in [5.74, 6) is 0.367. The van der Waals surface area contributed by atoms with Crippen molar-refractivity contribution in [3.05, 3.63) is 24.0 Å². The van der Waals surface area contributed by atoms with Crippen LogP contribution in [0.1, 0.15) is 12.1 Å². The third-order valence-electron chi connectivity index (χ3n) is 3.56. The maximum absolute atomic E-state index is 12.4. The molecule has 1 aliphatic heterocycles. The average molecular weight is 294 g/mol. The fourth-order valence-electron chi connectivity index (χ4n) is 2.42. The topological polar surface area (TPSA) is 77.3 Å². The summed E-state index contributed by atoms with van der Waals surface area (Å²) in [4.78, 5) is 6.15. The molecule has 1 saturated heterocycles. The van der Waals surface area contributed by atoms with Crippen LogP contribution in [0.2, 0.25) is 0 Å². The number of hydrogen-bond acceptors (Lipinski definition) is 5. The predicted octanol–water partition coefficient (Wildman–Crippen LogP) is 0.525. The number of nitrogens with zero attached hydrogens (tertiary/aromatic N) is 4. The minimum atomic E-state index is -3.53. The molecule has 1 atom stereocenters. The molecular formula is C13H18N4O2S. The van der Waals surface area contributed by atoms with Gasteiger partial charge < -0.3 is 4.90 Å². The highest BCUT2D eigenvalue weighted by atomic mass is 32.2. The van der Waals surface area contributed by atoms with Crippen LogP contribution in [-0.4, -0.2) is 56.3 Å². The van der Waals surface area contributed by atoms with Crippen molar-refractivity contribution in [1.82, 2.24) is 14.2 Å². The number of rotatable bonds is 4. The van der Waals surface area contributed by atoms with Gasteiger partial charge in [0.25, 0.3) is 0 Å². The smallest absolute Gasteiger partial charge is 0.244 e. The summed E-state index contributed by atoms with van der Waals surface area (Å²) in [6, 6.07) is 4.72. The second-order valence-corrected chi connectivity index (χ2v) is 7.24. The van der Waals surface area contributed by atoms with Crippen LogP contribution in [0.15, 0.2) is 23.2 Å². The van der Waals surface area contributed by atoms with E-state index in [0.717, 1.165) is 19.5 Å². The number of pyridine rings is 1. The molecule has 1 aromatic heterocycles. The molecule has 108 valence electrons. The van der Waals surface area contributed by atoms with Crippen molar-refractivity contribution in [2.45, 2.75) is 11.3 Å². The highest BCUT2D eigenvalue weighted by molar-refractivity contribution is 7.89. The second-order valence-electron chi connectivity index (χ2n) is 5.19. The highest BCUT2D eigenvalue weighted by Gasteiger charge is 2.27. The van der Waals surface area contributed by atoms with Crippen LogP contribution >= 0.6 is 0 Å². The summed E-state index contributed by atoms with van der Waals surface area (Å²) in [6.07, 6.45) is 2.26. The molecular weight excluding hydrogens is 276 g/mol. The van der Waals surface area contributed by atoms with Crippen molar-refractivity contribution in [3.63, 3.8) is 0 Å². The van der Waals surface area contributed by atoms with Crippen LogP contribution in [-0.2, 0) is 10.0 Å². The molecule has 6 nitrogen and oxygen atoms in total. The quantitative estimate of drug-likeness (QED) is 0.809. The molecule has 0 bridgehead atoms. The molecule has 0 saturated carbocycles. The van der Waals surface area contributed by atoms with E-state index in [4.69, 9.17) is 5.26 Å². The van der Waals surface area contributed by atoms with Gasteiger partial charge in [0.1, 0.15) is 16.7 Å². The molecule has 20 heavy (non-hydrogen) atoms. The largest absolute Gasteiger partial charge is 0.306 e. The van der Waals surface area contributed by atoms with Crippen LogP contribution in [0, 0.1) is 17.2 Å². The van der Waals surface area contributed by atoms with Crippen molar-refractivity contribution >= 4 is 10.0 Å². The minimum Gasteiger partial charge on any atom is -0.306 e. The van der Waals surface area contributed by atoms with Crippen LogP contribution in [0.25, 0.3) is 0 Å². The maximum atomic E-state index is 12.4. The van der Waals surface area contributed by atoms with Gasteiger partial charge in [-0.2, -0.15) is 5.26 Å². The lowest BCUT2D eigenvalue weighted by molar-refractivity contribution is 0.356. The monoisotopic (exact) mass is 294 g/mol. The number of nitriles is 1. The van der Waals surface area contributed by atoms with E-state index < -0.39 is 10.0 Å². The van der Waals surface area contributed by atoms with Crippen molar-refractivity contribution in [1.29, 1.82) is 5.26 Å². The van der Waals surface area contributed by atoms with Crippen LogP contribution in [0.4, 0.5) is 0 Å². The number of likely N-dealkylation sites (tertiary alicyclic amines) is 1. The Labute approximate surface area is 119 Å². The summed E-state index contributed by atoms with van der Waals surface area (Å²) < 4.78 is 26.2. The Morgan fingerprint density at radius 1 is 1.55 bits per heavy atom. The SMILES string of the molecule is CN1CCC(CN(C)S(=O)(=O)c2ccc(C#N)nc2)C1. The van der Waals surface area contributed by atoms with Gasteiger partial charge in [-0.05, 0) is 38.1 Å². The molecule has 1 unspecified atom stereocenters. The van der Waals surface area contributed by atoms with E-state index in [2.05, 4.69) is 9.88 Å². The van der Waals surface area contributed by atoms with Crippen molar-refractivity contribution < 1.29 is 8.42 Å². The van der Waals surface area contributed by atoms with Crippen LogP contribution < -0.4 is 0 Å². The zero-order chi connectivity index (χ0) is 14.8. The fraction of sp³-hybridized carbons (Fsp3) is 0.538. The second kappa shape index (κ2) is 5.87. The molecule has 0 spiro atoms. The van der Waals surface area contributed by atoms with E-state index in [1.165, 1.54) is 22.6 Å². The lowest BCUT2D eigenvalue weighted by atomic mass is 10.1. The first-order chi connectivity index (χ1) is 9.43. The predicted molar refractivity (Wildman–Crippen MR) is 74.4 cm³/mol. The average Bonchev–Trinajstić information content (AvgIpc) is 2.84. The highest BCUT2D eigenvalue weighted by Crippen LogP contribution is 2.19. The Balaban J connectivity index is 2.10. The Hall–Kier alpha value is -1.49. The normalized spacial score (nSPS) is 20.2. The van der Waals surface area contributed by atoms with Crippen molar-refractivity contribution in [3.8, 4) is 6.07 Å².